The van der Waals surface area contributed by atoms with Crippen LogP contribution in [-0.2, 0) is 16.0 Å². The molecule has 0 saturated carbocycles. The summed E-state index contributed by atoms with van der Waals surface area (Å²) in [7, 11) is 0. The van der Waals surface area contributed by atoms with Crippen LogP contribution in [0.4, 0.5) is 0 Å². The molecular weight excluding hydrogens is 360 g/mol. The number of ether oxygens (including phenoxy) is 2. The van der Waals surface area contributed by atoms with E-state index in [9.17, 15) is 9.59 Å². The Morgan fingerprint density at radius 1 is 1.07 bits per heavy atom. The van der Waals surface area contributed by atoms with E-state index in [0.717, 1.165) is 5.69 Å². The van der Waals surface area contributed by atoms with Crippen molar-refractivity contribution in [1.29, 1.82) is 0 Å². The maximum atomic E-state index is 12.8. The Labute approximate surface area is 162 Å². The molecule has 1 spiro atoms. The number of aromatic nitrogens is 2. The zero-order valence-corrected chi connectivity index (χ0v) is 15.5. The fourth-order valence-electron chi connectivity index (χ4n) is 3.46. The lowest BCUT2D eigenvalue weighted by molar-refractivity contribution is -0.181. The predicted octanol–water partition coefficient (Wildman–Crippen LogP) is 1.39. The molecule has 0 unspecified atom stereocenters. The molecule has 0 aliphatic carbocycles. The van der Waals surface area contributed by atoms with Crippen molar-refractivity contribution in [3.05, 3.63) is 59.7 Å². The Bertz CT molecular complexity index is 842. The molecule has 28 heavy (non-hydrogen) atoms. The smallest absolute Gasteiger partial charge is 0.272 e. The Balaban J connectivity index is 1.37. The molecule has 0 aromatic carbocycles. The fraction of sp³-hybridized carbons (Fsp3) is 0.400. The first kappa shape index (κ1) is 18.5. The van der Waals surface area contributed by atoms with E-state index in [2.05, 4.69) is 15.3 Å². The normalized spacial score (nSPS) is 18.2. The summed E-state index contributed by atoms with van der Waals surface area (Å²) in [6.45, 7) is 2.60. The quantitative estimate of drug-likeness (QED) is 0.859. The summed E-state index contributed by atoms with van der Waals surface area (Å²) >= 11 is 0. The van der Waals surface area contributed by atoms with Gasteiger partial charge < -0.3 is 19.7 Å². The highest BCUT2D eigenvalue weighted by molar-refractivity contribution is 5.98. The summed E-state index contributed by atoms with van der Waals surface area (Å²) in [5.74, 6) is -0.989. The van der Waals surface area contributed by atoms with Crippen molar-refractivity contribution < 1.29 is 19.1 Å². The second-order valence-corrected chi connectivity index (χ2v) is 6.83. The lowest BCUT2D eigenvalue weighted by Crippen LogP contribution is -2.47. The highest BCUT2D eigenvalue weighted by Gasteiger charge is 2.41. The third-order valence-electron chi connectivity index (χ3n) is 5.02. The number of likely N-dealkylation sites (tertiary alicyclic amines) is 1. The topological polar surface area (TPSA) is 93.7 Å². The first-order valence-electron chi connectivity index (χ1n) is 9.37. The number of amides is 2. The van der Waals surface area contributed by atoms with Crippen molar-refractivity contribution in [3.63, 3.8) is 0 Å². The van der Waals surface area contributed by atoms with Crippen LogP contribution in [0, 0.1) is 0 Å². The van der Waals surface area contributed by atoms with Crippen LogP contribution in [0.2, 0.25) is 0 Å². The second-order valence-electron chi connectivity index (χ2n) is 6.83. The maximum Gasteiger partial charge on any atom is 0.272 e. The summed E-state index contributed by atoms with van der Waals surface area (Å²) in [6, 6.07) is 8.64. The molecule has 0 radical (unpaired) electrons. The highest BCUT2D eigenvalue weighted by Crippen LogP contribution is 2.31. The molecule has 2 amide bonds. The van der Waals surface area contributed by atoms with E-state index in [-0.39, 0.29) is 17.5 Å². The van der Waals surface area contributed by atoms with E-state index in [1.165, 1.54) is 12.3 Å². The van der Waals surface area contributed by atoms with Crippen LogP contribution in [0.25, 0.3) is 0 Å². The first-order valence-corrected chi connectivity index (χ1v) is 9.37. The molecule has 2 aliphatic rings. The number of carbonyl (C=O) groups is 2. The SMILES string of the molecule is O=C(NCc1ccccn1)c1ccnc(C(=O)N2CCC3(CC2)OCCO3)c1. The third kappa shape index (κ3) is 4.02. The Kier molecular flexibility index (Phi) is 5.31. The Hall–Kier alpha value is -2.84. The maximum absolute atomic E-state index is 12.8. The lowest BCUT2D eigenvalue weighted by Gasteiger charge is -2.37. The number of nitrogens with zero attached hydrogens (tertiary/aromatic N) is 3. The van der Waals surface area contributed by atoms with E-state index in [1.54, 1.807) is 17.2 Å². The Morgan fingerprint density at radius 2 is 1.86 bits per heavy atom. The monoisotopic (exact) mass is 382 g/mol. The van der Waals surface area contributed by atoms with Crippen LogP contribution in [-0.4, -0.2) is 58.8 Å². The van der Waals surface area contributed by atoms with Crippen LogP contribution in [0.5, 0.6) is 0 Å². The Morgan fingerprint density at radius 3 is 2.57 bits per heavy atom. The molecule has 4 rings (SSSR count). The molecule has 1 N–H and O–H groups in total. The molecule has 4 heterocycles. The van der Waals surface area contributed by atoms with Crippen molar-refractivity contribution >= 4 is 11.8 Å². The van der Waals surface area contributed by atoms with E-state index in [0.29, 0.717) is 51.3 Å². The van der Waals surface area contributed by atoms with E-state index in [4.69, 9.17) is 9.47 Å². The minimum Gasteiger partial charge on any atom is -0.347 e. The minimum absolute atomic E-state index is 0.188. The van der Waals surface area contributed by atoms with Gasteiger partial charge in [0.2, 0.25) is 0 Å². The van der Waals surface area contributed by atoms with Gasteiger partial charge in [0.1, 0.15) is 5.69 Å². The van der Waals surface area contributed by atoms with Crippen molar-refractivity contribution in [2.75, 3.05) is 26.3 Å². The molecule has 0 bridgehead atoms. The number of piperidine rings is 1. The van der Waals surface area contributed by atoms with Gasteiger partial charge in [0.15, 0.2) is 5.79 Å². The fourth-order valence-corrected chi connectivity index (χ4v) is 3.46. The molecule has 2 aromatic rings. The molecule has 2 saturated heterocycles. The van der Waals surface area contributed by atoms with Gasteiger partial charge in [-0.15, -0.1) is 0 Å². The number of rotatable bonds is 4. The average molecular weight is 382 g/mol. The molecule has 0 atom stereocenters. The predicted molar refractivity (Wildman–Crippen MR) is 99.4 cm³/mol. The molecule has 2 aromatic heterocycles. The zero-order valence-electron chi connectivity index (χ0n) is 15.5. The van der Waals surface area contributed by atoms with E-state index < -0.39 is 5.79 Å². The summed E-state index contributed by atoms with van der Waals surface area (Å²) in [4.78, 5) is 35.3. The van der Waals surface area contributed by atoms with Gasteiger partial charge in [0.05, 0.1) is 25.5 Å². The second kappa shape index (κ2) is 8.04. The van der Waals surface area contributed by atoms with Crippen LogP contribution >= 0.6 is 0 Å². The molecular formula is C20H22N4O4. The summed E-state index contributed by atoms with van der Waals surface area (Å²) in [5, 5.41) is 2.81. The lowest BCUT2D eigenvalue weighted by atomic mass is 10.0. The van der Waals surface area contributed by atoms with Crippen LogP contribution < -0.4 is 5.32 Å². The summed E-state index contributed by atoms with van der Waals surface area (Å²) < 4.78 is 11.4. The summed E-state index contributed by atoms with van der Waals surface area (Å²) in [5.41, 5.74) is 1.42. The van der Waals surface area contributed by atoms with Gasteiger partial charge in [-0.1, -0.05) is 6.07 Å². The van der Waals surface area contributed by atoms with Crippen LogP contribution in [0.15, 0.2) is 42.7 Å². The number of carbonyl (C=O) groups excluding carboxylic acids is 2. The van der Waals surface area contributed by atoms with Gasteiger partial charge in [-0.3, -0.25) is 19.6 Å². The van der Waals surface area contributed by atoms with E-state index >= 15 is 0 Å². The number of hydrogen-bond donors (Lipinski definition) is 1. The minimum atomic E-state index is -0.530. The number of hydrogen-bond acceptors (Lipinski definition) is 6. The molecule has 8 heteroatoms. The van der Waals surface area contributed by atoms with Gasteiger partial charge >= 0.3 is 0 Å². The number of pyridine rings is 2. The number of nitrogens with one attached hydrogen (secondary N) is 1. The van der Waals surface area contributed by atoms with Gasteiger partial charge in [0.25, 0.3) is 11.8 Å². The highest BCUT2D eigenvalue weighted by atomic mass is 16.7. The van der Waals surface area contributed by atoms with E-state index in [1.807, 2.05) is 18.2 Å². The van der Waals surface area contributed by atoms with Crippen molar-refractivity contribution in [2.24, 2.45) is 0 Å². The van der Waals surface area contributed by atoms with Gasteiger partial charge in [0, 0.05) is 43.9 Å². The molecule has 146 valence electrons. The van der Waals surface area contributed by atoms with Gasteiger partial charge in [-0.05, 0) is 24.3 Å². The third-order valence-corrected chi connectivity index (χ3v) is 5.02. The summed E-state index contributed by atoms with van der Waals surface area (Å²) in [6.07, 6.45) is 4.44. The van der Waals surface area contributed by atoms with Crippen molar-refractivity contribution in [3.8, 4) is 0 Å². The zero-order chi connectivity index (χ0) is 19.4. The molecule has 8 nitrogen and oxygen atoms in total. The van der Waals surface area contributed by atoms with Crippen LogP contribution in [0.1, 0.15) is 39.4 Å². The largest absolute Gasteiger partial charge is 0.347 e. The van der Waals surface area contributed by atoms with Crippen LogP contribution in [0.3, 0.4) is 0 Å². The van der Waals surface area contributed by atoms with Gasteiger partial charge in [-0.2, -0.15) is 0 Å². The average Bonchev–Trinajstić information content (AvgIpc) is 3.21. The first-order chi connectivity index (χ1) is 13.7. The standard InChI is InChI=1S/C20H22N4O4/c25-18(23-14-16-3-1-2-7-21-16)15-4-8-22-17(13-15)19(26)24-9-5-20(6-10-24)27-11-12-28-20/h1-4,7-8,13H,5-6,9-12,14H2,(H,23,25). The molecule has 2 aliphatic heterocycles. The molecule has 2 fully saturated rings. The van der Waals surface area contributed by atoms with Crippen molar-refractivity contribution in [1.82, 2.24) is 20.2 Å². The van der Waals surface area contributed by atoms with Crippen molar-refractivity contribution in [2.45, 2.75) is 25.2 Å². The van der Waals surface area contributed by atoms with Gasteiger partial charge in [-0.25, -0.2) is 0 Å².